The second-order valence-corrected chi connectivity index (χ2v) is 3.57. The maximum Gasteiger partial charge on any atom is 0.213 e. The van der Waals surface area contributed by atoms with Crippen LogP contribution in [0.5, 0.6) is 5.75 Å². The van der Waals surface area contributed by atoms with Crippen LogP contribution in [-0.2, 0) is 6.54 Å². The van der Waals surface area contributed by atoms with Crippen molar-refractivity contribution in [1.29, 1.82) is 5.26 Å². The van der Waals surface area contributed by atoms with Crippen molar-refractivity contribution in [2.24, 2.45) is 0 Å². The fourth-order valence-corrected chi connectivity index (χ4v) is 1.63. The van der Waals surface area contributed by atoms with Gasteiger partial charge in [0.05, 0.1) is 12.8 Å². The summed E-state index contributed by atoms with van der Waals surface area (Å²) in [4.78, 5) is 3.93. The summed E-state index contributed by atoms with van der Waals surface area (Å²) in [5.41, 5.74) is 7.40. The Hall–Kier alpha value is -2.48. The number of benzene rings is 1. The van der Waals surface area contributed by atoms with Crippen LogP contribution < -0.4 is 10.5 Å². The molecular weight excluding hydrogens is 216 g/mol. The maximum absolute atomic E-state index is 8.84. The molecule has 2 N–H and O–H groups in total. The van der Waals surface area contributed by atoms with Gasteiger partial charge in [-0.25, -0.2) is 4.98 Å². The van der Waals surface area contributed by atoms with Gasteiger partial charge in [-0.3, -0.25) is 0 Å². The Balaban J connectivity index is 2.25. The van der Waals surface area contributed by atoms with Gasteiger partial charge >= 0.3 is 0 Å². The first kappa shape index (κ1) is 11.0. The van der Waals surface area contributed by atoms with E-state index in [0.29, 0.717) is 23.8 Å². The van der Waals surface area contributed by atoms with Crippen LogP contribution in [0.3, 0.4) is 0 Å². The zero-order valence-electron chi connectivity index (χ0n) is 9.42. The van der Waals surface area contributed by atoms with Gasteiger partial charge in [-0.2, -0.15) is 5.26 Å². The van der Waals surface area contributed by atoms with E-state index in [4.69, 9.17) is 15.7 Å². The van der Waals surface area contributed by atoms with Crippen molar-refractivity contribution in [3.63, 3.8) is 0 Å². The molecule has 0 aliphatic carbocycles. The van der Waals surface area contributed by atoms with E-state index in [2.05, 4.69) is 4.98 Å². The van der Waals surface area contributed by atoms with Gasteiger partial charge in [0.15, 0.2) is 0 Å². The minimum Gasteiger partial charge on any atom is -0.495 e. The lowest BCUT2D eigenvalue weighted by Crippen LogP contribution is -2.02. The highest BCUT2D eigenvalue weighted by Crippen LogP contribution is 2.22. The highest BCUT2D eigenvalue weighted by molar-refractivity contribution is 5.54. The average Bonchev–Trinajstić information content (AvgIpc) is 2.76. The fraction of sp³-hybridized carbons (Fsp3) is 0.167. The third-order valence-corrected chi connectivity index (χ3v) is 2.46. The van der Waals surface area contributed by atoms with E-state index in [1.165, 1.54) is 0 Å². The number of anilines is 1. The van der Waals surface area contributed by atoms with Crippen LogP contribution in [-0.4, -0.2) is 16.7 Å². The number of rotatable bonds is 3. The number of hydrogen-bond acceptors (Lipinski definition) is 4. The Morgan fingerprint density at radius 3 is 3.00 bits per heavy atom. The molecule has 17 heavy (non-hydrogen) atoms. The van der Waals surface area contributed by atoms with Gasteiger partial charge < -0.3 is 15.0 Å². The lowest BCUT2D eigenvalue weighted by molar-refractivity contribution is 0.417. The van der Waals surface area contributed by atoms with Crippen LogP contribution >= 0.6 is 0 Å². The molecule has 86 valence electrons. The number of nitrogen functional groups attached to an aromatic ring is 1. The molecule has 1 aromatic carbocycles. The van der Waals surface area contributed by atoms with E-state index >= 15 is 0 Å². The first-order valence-electron chi connectivity index (χ1n) is 5.08. The first-order chi connectivity index (χ1) is 8.24. The third-order valence-electron chi connectivity index (χ3n) is 2.46. The van der Waals surface area contributed by atoms with Gasteiger partial charge in [0.1, 0.15) is 11.8 Å². The predicted octanol–water partition coefficient (Wildman–Crippen LogP) is 1.39. The lowest BCUT2D eigenvalue weighted by atomic mass is 10.2. The van der Waals surface area contributed by atoms with Crippen molar-refractivity contribution in [1.82, 2.24) is 9.55 Å². The highest BCUT2D eigenvalue weighted by atomic mass is 16.5. The zero-order chi connectivity index (χ0) is 12.3. The molecule has 0 amide bonds. The number of nitrogens with two attached hydrogens (primary N) is 1. The summed E-state index contributed by atoms with van der Waals surface area (Å²) in [5.74, 6) is 1.04. The van der Waals surface area contributed by atoms with E-state index < -0.39 is 0 Å². The Morgan fingerprint density at radius 2 is 2.35 bits per heavy atom. The molecule has 0 atom stereocenters. The van der Waals surface area contributed by atoms with Gasteiger partial charge in [0.2, 0.25) is 5.82 Å². The van der Waals surface area contributed by atoms with Gasteiger partial charge in [-0.15, -0.1) is 0 Å². The van der Waals surface area contributed by atoms with Crippen molar-refractivity contribution in [3.8, 4) is 11.8 Å². The summed E-state index contributed by atoms with van der Waals surface area (Å²) in [5, 5.41) is 8.84. The van der Waals surface area contributed by atoms with Crippen LogP contribution in [0, 0.1) is 11.3 Å². The molecule has 0 spiro atoms. The minimum absolute atomic E-state index is 0.388. The van der Waals surface area contributed by atoms with Gasteiger partial charge in [-0.1, -0.05) is 6.07 Å². The molecule has 0 aliphatic heterocycles. The predicted molar refractivity (Wildman–Crippen MR) is 63.5 cm³/mol. The molecule has 0 radical (unpaired) electrons. The summed E-state index contributed by atoms with van der Waals surface area (Å²) >= 11 is 0. The Morgan fingerprint density at radius 1 is 1.53 bits per heavy atom. The van der Waals surface area contributed by atoms with Crippen LogP contribution in [0.25, 0.3) is 0 Å². The summed E-state index contributed by atoms with van der Waals surface area (Å²) in [6, 6.07) is 7.59. The molecule has 2 aromatic rings. The van der Waals surface area contributed by atoms with Gasteiger partial charge in [0, 0.05) is 18.9 Å². The van der Waals surface area contributed by atoms with Crippen LogP contribution in [0.2, 0.25) is 0 Å². The summed E-state index contributed by atoms with van der Waals surface area (Å²) in [7, 11) is 1.58. The van der Waals surface area contributed by atoms with E-state index in [9.17, 15) is 0 Å². The molecule has 0 saturated heterocycles. The largest absolute Gasteiger partial charge is 0.495 e. The monoisotopic (exact) mass is 228 g/mol. The van der Waals surface area contributed by atoms with Crippen molar-refractivity contribution < 1.29 is 4.74 Å². The summed E-state index contributed by atoms with van der Waals surface area (Å²) in [6.45, 7) is 0.567. The average molecular weight is 228 g/mol. The number of nitriles is 1. The molecule has 1 heterocycles. The molecule has 5 heteroatoms. The van der Waals surface area contributed by atoms with Crippen LogP contribution in [0.4, 0.5) is 5.69 Å². The normalized spacial score (nSPS) is 9.88. The van der Waals surface area contributed by atoms with Crippen molar-refractivity contribution in [3.05, 3.63) is 42.0 Å². The number of nitrogens with zero attached hydrogens (tertiary/aromatic N) is 3. The minimum atomic E-state index is 0.388. The van der Waals surface area contributed by atoms with Crippen molar-refractivity contribution in [2.75, 3.05) is 12.8 Å². The number of imidazole rings is 1. The molecule has 0 unspecified atom stereocenters. The second kappa shape index (κ2) is 4.58. The van der Waals surface area contributed by atoms with Crippen LogP contribution in [0.15, 0.2) is 30.6 Å². The maximum atomic E-state index is 8.84. The second-order valence-electron chi connectivity index (χ2n) is 3.57. The standard InChI is InChI=1S/C12H12N4O/c1-17-11-3-2-9(6-10(11)14)8-16-5-4-15-12(16)7-13/h2-6H,8,14H2,1H3. The quantitative estimate of drug-likeness (QED) is 0.805. The molecule has 0 bridgehead atoms. The molecular formula is C12H12N4O. The van der Waals surface area contributed by atoms with E-state index in [1.807, 2.05) is 24.3 Å². The topological polar surface area (TPSA) is 76.9 Å². The van der Waals surface area contributed by atoms with E-state index in [0.717, 1.165) is 5.56 Å². The fourth-order valence-electron chi connectivity index (χ4n) is 1.63. The van der Waals surface area contributed by atoms with Gasteiger partial charge in [-0.05, 0) is 17.7 Å². The van der Waals surface area contributed by atoms with Crippen LogP contribution in [0.1, 0.15) is 11.4 Å². The molecule has 0 aliphatic rings. The number of hydrogen-bond donors (Lipinski definition) is 1. The SMILES string of the molecule is COc1ccc(Cn2ccnc2C#N)cc1N. The lowest BCUT2D eigenvalue weighted by Gasteiger charge is -2.08. The Bertz CT molecular complexity index is 568. The Kier molecular flexibility index (Phi) is 2.97. The van der Waals surface area contributed by atoms with E-state index in [1.54, 1.807) is 24.1 Å². The smallest absolute Gasteiger partial charge is 0.213 e. The number of methoxy groups -OCH3 is 1. The third kappa shape index (κ3) is 2.21. The first-order valence-corrected chi connectivity index (χ1v) is 5.08. The molecule has 5 nitrogen and oxygen atoms in total. The molecule has 2 rings (SSSR count). The van der Waals surface area contributed by atoms with E-state index in [-0.39, 0.29) is 0 Å². The number of aromatic nitrogens is 2. The van der Waals surface area contributed by atoms with Crippen molar-refractivity contribution in [2.45, 2.75) is 6.54 Å². The summed E-state index contributed by atoms with van der Waals surface area (Å²) < 4.78 is 6.85. The summed E-state index contributed by atoms with van der Waals surface area (Å²) in [6.07, 6.45) is 3.37. The molecule has 1 aromatic heterocycles. The Labute approximate surface area is 99.1 Å². The number of ether oxygens (including phenoxy) is 1. The molecule has 0 saturated carbocycles. The molecule has 0 fully saturated rings. The van der Waals surface area contributed by atoms with Crippen molar-refractivity contribution >= 4 is 5.69 Å². The zero-order valence-corrected chi connectivity index (χ0v) is 9.42. The highest BCUT2D eigenvalue weighted by Gasteiger charge is 2.04. The van der Waals surface area contributed by atoms with Gasteiger partial charge in [0.25, 0.3) is 0 Å².